The van der Waals surface area contributed by atoms with Gasteiger partial charge in [-0.1, -0.05) is 0 Å². The van der Waals surface area contributed by atoms with Gasteiger partial charge in [-0.3, -0.25) is 4.90 Å². The first-order valence-electron chi connectivity index (χ1n) is 7.66. The lowest BCUT2D eigenvalue weighted by Gasteiger charge is -2.37. The first-order chi connectivity index (χ1) is 10.7. The van der Waals surface area contributed by atoms with E-state index in [2.05, 4.69) is 28.3 Å². The van der Waals surface area contributed by atoms with Gasteiger partial charge in [0.1, 0.15) is 12.0 Å². The highest BCUT2D eigenvalue weighted by Crippen LogP contribution is 2.34. The lowest BCUT2D eigenvalue weighted by molar-refractivity contribution is -0.113. The number of hydrogen-bond acceptors (Lipinski definition) is 4. The fourth-order valence-electron chi connectivity index (χ4n) is 3.37. The van der Waals surface area contributed by atoms with Crippen LogP contribution in [0.1, 0.15) is 24.1 Å². The smallest absolute Gasteiger partial charge is 0.141 e. The zero-order valence-corrected chi connectivity index (χ0v) is 13.3. The average Bonchev–Trinajstić information content (AvgIpc) is 2.95. The van der Waals surface area contributed by atoms with Gasteiger partial charge in [0.2, 0.25) is 0 Å². The van der Waals surface area contributed by atoms with Crippen molar-refractivity contribution in [2.75, 3.05) is 26.7 Å². The first kappa shape index (κ1) is 15.1. The van der Waals surface area contributed by atoms with Crippen molar-refractivity contribution in [3.63, 3.8) is 0 Å². The molecule has 2 N–H and O–H groups in total. The normalized spacial score (nSPS) is 21.0. The van der Waals surface area contributed by atoms with Crippen molar-refractivity contribution >= 4 is 17.2 Å². The summed E-state index contributed by atoms with van der Waals surface area (Å²) in [7, 11) is 1.67. The van der Waals surface area contributed by atoms with Crippen LogP contribution in [-0.2, 0) is 4.79 Å². The third kappa shape index (κ3) is 2.40. The number of ether oxygens (including phenoxy) is 1. The molecule has 1 aliphatic rings. The molecule has 2 unspecified atom stereocenters. The van der Waals surface area contributed by atoms with Gasteiger partial charge in [-0.2, -0.15) is 0 Å². The van der Waals surface area contributed by atoms with Crippen molar-refractivity contribution in [3.05, 3.63) is 29.5 Å². The van der Waals surface area contributed by atoms with Crippen molar-refractivity contribution in [2.45, 2.75) is 25.9 Å². The number of nitrogens with zero attached hydrogens (tertiary/aromatic N) is 1. The number of H-pyrrole nitrogens is 1. The van der Waals surface area contributed by atoms with Crippen molar-refractivity contribution in [2.24, 2.45) is 0 Å². The molecular formula is C17H22N3O2. The van der Waals surface area contributed by atoms with Crippen LogP contribution in [0.2, 0.25) is 0 Å². The number of nitrogens with one attached hydrogen (secondary N) is 2. The molecule has 1 aromatic heterocycles. The van der Waals surface area contributed by atoms with Crippen LogP contribution in [0.25, 0.3) is 10.9 Å². The minimum atomic E-state index is -0.281. The summed E-state index contributed by atoms with van der Waals surface area (Å²) >= 11 is 0. The van der Waals surface area contributed by atoms with Gasteiger partial charge in [-0.25, -0.2) is 0 Å². The van der Waals surface area contributed by atoms with Crippen molar-refractivity contribution in [3.8, 4) is 5.75 Å². The van der Waals surface area contributed by atoms with Crippen LogP contribution >= 0.6 is 0 Å². The topological polar surface area (TPSA) is 57.4 Å². The van der Waals surface area contributed by atoms with Gasteiger partial charge >= 0.3 is 0 Å². The van der Waals surface area contributed by atoms with Gasteiger partial charge < -0.3 is 19.8 Å². The molecule has 1 fully saturated rings. The largest absolute Gasteiger partial charge is 0.496 e. The summed E-state index contributed by atoms with van der Waals surface area (Å²) in [5.74, 6) is 0.833. The molecule has 5 heteroatoms. The Kier molecular flexibility index (Phi) is 4.18. The molecule has 2 aromatic rings. The quantitative estimate of drug-likeness (QED) is 0.846. The number of methoxy groups -OCH3 is 1. The number of rotatable bonds is 4. The van der Waals surface area contributed by atoms with Crippen LogP contribution in [0.3, 0.4) is 0 Å². The third-order valence-corrected chi connectivity index (χ3v) is 4.57. The van der Waals surface area contributed by atoms with Crippen molar-refractivity contribution < 1.29 is 9.53 Å². The molecule has 5 nitrogen and oxygen atoms in total. The number of aromatic nitrogens is 1. The van der Waals surface area contributed by atoms with E-state index in [1.165, 1.54) is 0 Å². The van der Waals surface area contributed by atoms with Crippen LogP contribution in [0.4, 0.5) is 0 Å². The fraction of sp³-hybridized carbons (Fsp3) is 0.471. The van der Waals surface area contributed by atoms with Crippen molar-refractivity contribution in [1.29, 1.82) is 0 Å². The number of carbonyl (C=O) groups excluding carboxylic acids is 1. The molecular weight excluding hydrogens is 278 g/mol. The highest BCUT2D eigenvalue weighted by atomic mass is 16.5. The van der Waals surface area contributed by atoms with E-state index in [0.717, 1.165) is 53.7 Å². The van der Waals surface area contributed by atoms with E-state index >= 15 is 0 Å². The standard InChI is InChI=1S/C17H22N3O2/c1-11-8-18-6-7-20(11)15(10-21)13-9-19-14-4-5-16(22-3)12(2)17(13)14/h4-5,10-11,15,18-19H,6-8H2,1-3H3. The number of piperazine rings is 1. The predicted molar refractivity (Wildman–Crippen MR) is 86.3 cm³/mol. The van der Waals surface area contributed by atoms with E-state index in [1.54, 1.807) is 7.11 Å². The van der Waals surface area contributed by atoms with E-state index < -0.39 is 0 Å². The molecule has 3 rings (SSSR count). The summed E-state index contributed by atoms with van der Waals surface area (Å²) in [4.78, 5) is 17.2. The molecule has 1 aliphatic heterocycles. The lowest BCUT2D eigenvalue weighted by atomic mass is 9.99. The minimum Gasteiger partial charge on any atom is -0.496 e. The Morgan fingerprint density at radius 1 is 1.50 bits per heavy atom. The van der Waals surface area contributed by atoms with E-state index in [4.69, 9.17) is 4.74 Å². The molecule has 2 heterocycles. The molecule has 0 spiro atoms. The van der Waals surface area contributed by atoms with Crippen LogP contribution in [-0.4, -0.2) is 49.0 Å². The summed E-state index contributed by atoms with van der Waals surface area (Å²) in [5, 5.41) is 4.40. The Morgan fingerprint density at radius 2 is 2.32 bits per heavy atom. The molecule has 0 bridgehead atoms. The maximum Gasteiger partial charge on any atom is 0.141 e. The highest BCUT2D eigenvalue weighted by Gasteiger charge is 2.29. The van der Waals surface area contributed by atoms with Gasteiger partial charge in [0.15, 0.2) is 0 Å². The molecule has 1 aromatic carbocycles. The molecule has 2 atom stereocenters. The number of hydrogen-bond donors (Lipinski definition) is 2. The Balaban J connectivity index is 2.09. The molecule has 117 valence electrons. The zero-order chi connectivity index (χ0) is 15.7. The maximum atomic E-state index is 11.8. The van der Waals surface area contributed by atoms with Gasteiger partial charge in [0.05, 0.1) is 19.3 Å². The monoisotopic (exact) mass is 300 g/mol. The summed E-state index contributed by atoms with van der Waals surface area (Å²) in [6.07, 6.45) is 4.23. The van der Waals surface area contributed by atoms with Crippen molar-refractivity contribution in [1.82, 2.24) is 15.2 Å². The van der Waals surface area contributed by atoms with E-state index in [-0.39, 0.29) is 6.04 Å². The van der Waals surface area contributed by atoms with Gasteiger partial charge in [-0.05, 0) is 26.0 Å². The molecule has 1 radical (unpaired) electrons. The van der Waals surface area contributed by atoms with Crippen LogP contribution < -0.4 is 10.1 Å². The number of aromatic amines is 1. The van der Waals surface area contributed by atoms with Crippen LogP contribution in [0.15, 0.2) is 12.1 Å². The van der Waals surface area contributed by atoms with E-state index in [0.29, 0.717) is 6.04 Å². The average molecular weight is 300 g/mol. The number of aldehydes is 1. The highest BCUT2D eigenvalue weighted by molar-refractivity contribution is 5.90. The Morgan fingerprint density at radius 3 is 3.00 bits per heavy atom. The molecule has 0 aliphatic carbocycles. The molecule has 1 saturated heterocycles. The molecule has 0 saturated carbocycles. The minimum absolute atomic E-state index is 0.281. The number of benzene rings is 1. The number of fused-ring (bicyclic) bond motifs is 1. The number of aryl methyl sites for hydroxylation is 1. The zero-order valence-electron chi connectivity index (χ0n) is 13.3. The van der Waals surface area contributed by atoms with E-state index in [1.807, 2.05) is 19.1 Å². The Labute approximate surface area is 130 Å². The summed E-state index contributed by atoms with van der Waals surface area (Å²) in [6.45, 7) is 6.82. The maximum absolute atomic E-state index is 11.8. The molecule has 22 heavy (non-hydrogen) atoms. The number of carbonyl (C=O) groups is 1. The summed E-state index contributed by atoms with van der Waals surface area (Å²) < 4.78 is 5.42. The first-order valence-corrected chi connectivity index (χ1v) is 7.66. The summed E-state index contributed by atoms with van der Waals surface area (Å²) in [6, 6.07) is 3.95. The van der Waals surface area contributed by atoms with Gasteiger partial charge in [0, 0.05) is 47.7 Å². The fourth-order valence-corrected chi connectivity index (χ4v) is 3.37. The second-order valence-electron chi connectivity index (χ2n) is 5.85. The van der Waals surface area contributed by atoms with E-state index in [9.17, 15) is 4.79 Å². The Hall–Kier alpha value is -1.85. The van der Waals surface area contributed by atoms with Crippen LogP contribution in [0.5, 0.6) is 5.75 Å². The van der Waals surface area contributed by atoms with Gasteiger partial charge in [0.25, 0.3) is 0 Å². The van der Waals surface area contributed by atoms with Crippen LogP contribution in [0, 0.1) is 13.1 Å². The lowest BCUT2D eigenvalue weighted by Crippen LogP contribution is -2.51. The SMILES string of the molecule is COc1ccc2[nH][c]c(C(C=O)N3CCNCC3C)c2c1C. The third-order valence-electron chi connectivity index (χ3n) is 4.57. The second kappa shape index (κ2) is 6.10. The van der Waals surface area contributed by atoms with Gasteiger partial charge in [-0.15, -0.1) is 0 Å². The summed E-state index contributed by atoms with van der Waals surface area (Å²) in [5.41, 5.74) is 2.94. The molecule has 0 amide bonds. The Bertz CT molecular complexity index is 680. The second-order valence-corrected chi connectivity index (χ2v) is 5.85. The predicted octanol–water partition coefficient (Wildman–Crippen LogP) is 1.82.